The maximum atomic E-state index is 12.3. The van der Waals surface area contributed by atoms with E-state index in [0.29, 0.717) is 19.0 Å². The van der Waals surface area contributed by atoms with E-state index in [1.165, 1.54) is 0 Å². The number of hydrogen-bond donors (Lipinski definition) is 2. The van der Waals surface area contributed by atoms with Crippen molar-refractivity contribution >= 4 is 6.03 Å². The van der Waals surface area contributed by atoms with Gasteiger partial charge in [0.1, 0.15) is 0 Å². The highest BCUT2D eigenvalue weighted by molar-refractivity contribution is 5.74. The number of nitrogens with two attached hydrogens (primary N) is 1. The van der Waals surface area contributed by atoms with Gasteiger partial charge in [0.15, 0.2) is 0 Å². The molecule has 3 rings (SSSR count). The molecule has 0 aromatic carbocycles. The van der Waals surface area contributed by atoms with Crippen molar-refractivity contribution in [3.05, 3.63) is 18.2 Å². The van der Waals surface area contributed by atoms with E-state index in [2.05, 4.69) is 10.3 Å². The first-order chi connectivity index (χ1) is 11.1. The molecule has 2 atom stereocenters. The highest BCUT2D eigenvalue weighted by Gasteiger charge is 2.35. The molecule has 0 radical (unpaired) electrons. The fraction of sp³-hybridized carbons (Fsp3) is 0.750. The van der Waals surface area contributed by atoms with Crippen LogP contribution in [0.1, 0.15) is 30.9 Å². The molecule has 3 N–H and O–H groups in total. The molecule has 7 nitrogen and oxygen atoms in total. The zero-order valence-electron chi connectivity index (χ0n) is 13.8. The van der Waals surface area contributed by atoms with Gasteiger partial charge in [-0.15, -0.1) is 0 Å². The quantitative estimate of drug-likeness (QED) is 0.854. The van der Waals surface area contributed by atoms with Crippen LogP contribution in [0.3, 0.4) is 0 Å². The Morgan fingerprint density at radius 3 is 2.91 bits per heavy atom. The molecular formula is C16H27N5O2. The molecule has 3 heterocycles. The van der Waals surface area contributed by atoms with Crippen molar-refractivity contribution in [1.82, 2.24) is 19.8 Å². The van der Waals surface area contributed by atoms with Crippen LogP contribution in [0.2, 0.25) is 0 Å². The van der Waals surface area contributed by atoms with Gasteiger partial charge in [-0.1, -0.05) is 0 Å². The fourth-order valence-corrected chi connectivity index (χ4v) is 3.46. The first kappa shape index (κ1) is 16.3. The lowest BCUT2D eigenvalue weighted by molar-refractivity contribution is 0.0641. The van der Waals surface area contributed by atoms with Crippen LogP contribution < -0.4 is 11.1 Å². The standard InChI is InChI=1S/C16H27N5O2/c1-20-10-15(19-11-20)13-8-21(9-14(13)17)16(22)18-5-2-12-3-6-23-7-4-12/h10-14H,2-9,17H2,1H3,(H,18,22)/t13-,14-/m1/s1. The van der Waals surface area contributed by atoms with E-state index < -0.39 is 0 Å². The number of amides is 2. The summed E-state index contributed by atoms with van der Waals surface area (Å²) in [5.41, 5.74) is 7.18. The largest absolute Gasteiger partial charge is 0.381 e. The van der Waals surface area contributed by atoms with Crippen molar-refractivity contribution in [3.63, 3.8) is 0 Å². The second kappa shape index (κ2) is 7.31. The number of aromatic nitrogens is 2. The Morgan fingerprint density at radius 1 is 1.43 bits per heavy atom. The number of likely N-dealkylation sites (tertiary alicyclic amines) is 1. The Balaban J connectivity index is 1.45. The van der Waals surface area contributed by atoms with Crippen LogP contribution in [0.15, 0.2) is 12.5 Å². The molecule has 2 aliphatic rings. The summed E-state index contributed by atoms with van der Waals surface area (Å²) in [7, 11) is 1.94. The van der Waals surface area contributed by atoms with Crippen LogP contribution in [0, 0.1) is 5.92 Å². The van der Waals surface area contributed by atoms with Gasteiger partial charge in [0.2, 0.25) is 0 Å². The van der Waals surface area contributed by atoms with Gasteiger partial charge in [0.05, 0.1) is 12.0 Å². The van der Waals surface area contributed by atoms with E-state index in [1.54, 1.807) is 6.33 Å². The number of aryl methyl sites for hydroxylation is 1. The average molecular weight is 321 g/mol. The molecule has 128 valence electrons. The predicted molar refractivity (Wildman–Crippen MR) is 87.1 cm³/mol. The fourth-order valence-electron chi connectivity index (χ4n) is 3.46. The Labute approximate surface area is 137 Å². The minimum Gasteiger partial charge on any atom is -0.381 e. The summed E-state index contributed by atoms with van der Waals surface area (Å²) in [6.07, 6.45) is 6.99. The summed E-state index contributed by atoms with van der Waals surface area (Å²) >= 11 is 0. The number of carbonyl (C=O) groups is 1. The normalized spacial score (nSPS) is 25.7. The van der Waals surface area contributed by atoms with Gasteiger partial charge in [0, 0.05) is 58.1 Å². The van der Waals surface area contributed by atoms with Crippen molar-refractivity contribution < 1.29 is 9.53 Å². The SMILES string of the molecule is Cn1cnc([C@@H]2CN(C(=O)NCCC3CCOCC3)C[C@H]2N)c1. The number of ether oxygens (including phenoxy) is 1. The van der Waals surface area contributed by atoms with Crippen LogP contribution in [0.5, 0.6) is 0 Å². The van der Waals surface area contributed by atoms with Gasteiger partial charge >= 0.3 is 6.03 Å². The van der Waals surface area contributed by atoms with Crippen molar-refractivity contribution in [2.24, 2.45) is 18.7 Å². The van der Waals surface area contributed by atoms with E-state index in [1.807, 2.05) is 22.7 Å². The number of hydrogen-bond acceptors (Lipinski definition) is 4. The zero-order chi connectivity index (χ0) is 16.2. The molecule has 7 heteroatoms. The summed E-state index contributed by atoms with van der Waals surface area (Å²) in [5.74, 6) is 0.795. The van der Waals surface area contributed by atoms with Crippen LogP contribution >= 0.6 is 0 Å². The molecular weight excluding hydrogens is 294 g/mol. The average Bonchev–Trinajstić information content (AvgIpc) is 3.14. The summed E-state index contributed by atoms with van der Waals surface area (Å²) < 4.78 is 7.27. The van der Waals surface area contributed by atoms with Crippen molar-refractivity contribution in [2.45, 2.75) is 31.2 Å². The van der Waals surface area contributed by atoms with E-state index in [0.717, 1.165) is 44.7 Å². The second-order valence-electron chi connectivity index (χ2n) is 6.72. The number of urea groups is 1. The molecule has 2 saturated heterocycles. The van der Waals surface area contributed by atoms with Crippen LogP contribution in [-0.4, -0.2) is 59.4 Å². The lowest BCUT2D eigenvalue weighted by atomic mass is 9.97. The van der Waals surface area contributed by atoms with Crippen LogP contribution in [0.4, 0.5) is 4.79 Å². The number of carbonyl (C=O) groups excluding carboxylic acids is 1. The first-order valence-electron chi connectivity index (χ1n) is 8.47. The molecule has 1 aromatic heterocycles. The van der Waals surface area contributed by atoms with Crippen molar-refractivity contribution in [1.29, 1.82) is 0 Å². The maximum Gasteiger partial charge on any atom is 0.317 e. The Bertz CT molecular complexity index is 526. The van der Waals surface area contributed by atoms with E-state index in [4.69, 9.17) is 10.5 Å². The Morgan fingerprint density at radius 2 is 2.22 bits per heavy atom. The highest BCUT2D eigenvalue weighted by Crippen LogP contribution is 2.25. The molecule has 2 aliphatic heterocycles. The summed E-state index contributed by atoms with van der Waals surface area (Å²) in [4.78, 5) is 18.5. The van der Waals surface area contributed by atoms with Crippen molar-refractivity contribution in [2.75, 3.05) is 32.8 Å². The van der Waals surface area contributed by atoms with E-state index in [9.17, 15) is 4.79 Å². The predicted octanol–water partition coefficient (Wildman–Crippen LogP) is 0.673. The lowest BCUT2D eigenvalue weighted by Crippen LogP contribution is -2.40. The van der Waals surface area contributed by atoms with Gasteiger partial charge in [-0.2, -0.15) is 0 Å². The Kier molecular flexibility index (Phi) is 5.17. The molecule has 0 bridgehead atoms. The van der Waals surface area contributed by atoms with Gasteiger partial charge in [-0.3, -0.25) is 0 Å². The summed E-state index contributed by atoms with van der Waals surface area (Å²) in [6, 6.07) is -0.0583. The third-order valence-electron chi connectivity index (χ3n) is 4.93. The van der Waals surface area contributed by atoms with Gasteiger partial charge in [-0.05, 0) is 25.2 Å². The Hall–Kier alpha value is -1.60. The lowest BCUT2D eigenvalue weighted by Gasteiger charge is -2.23. The highest BCUT2D eigenvalue weighted by atomic mass is 16.5. The minimum atomic E-state index is -0.0499. The smallest absolute Gasteiger partial charge is 0.317 e. The second-order valence-corrected chi connectivity index (χ2v) is 6.72. The molecule has 23 heavy (non-hydrogen) atoms. The molecule has 2 amide bonds. The van der Waals surface area contributed by atoms with Crippen LogP contribution in [-0.2, 0) is 11.8 Å². The minimum absolute atomic E-state index is 0.00839. The topological polar surface area (TPSA) is 85.4 Å². The number of nitrogens with zero attached hydrogens (tertiary/aromatic N) is 3. The monoisotopic (exact) mass is 321 g/mol. The summed E-state index contributed by atoms with van der Waals surface area (Å²) in [6.45, 7) is 3.66. The van der Waals surface area contributed by atoms with E-state index >= 15 is 0 Å². The molecule has 0 aliphatic carbocycles. The van der Waals surface area contributed by atoms with Crippen molar-refractivity contribution in [3.8, 4) is 0 Å². The number of nitrogens with one attached hydrogen (secondary N) is 1. The molecule has 0 unspecified atom stereocenters. The van der Waals surface area contributed by atoms with Gasteiger partial charge < -0.3 is 25.3 Å². The molecule has 0 spiro atoms. The molecule has 0 saturated carbocycles. The van der Waals surface area contributed by atoms with Crippen LogP contribution in [0.25, 0.3) is 0 Å². The molecule has 2 fully saturated rings. The number of rotatable bonds is 4. The molecule has 1 aromatic rings. The third kappa shape index (κ3) is 4.03. The first-order valence-corrected chi connectivity index (χ1v) is 8.47. The summed E-state index contributed by atoms with van der Waals surface area (Å²) in [5, 5.41) is 3.03. The number of imidazole rings is 1. The maximum absolute atomic E-state index is 12.3. The van der Waals surface area contributed by atoms with Gasteiger partial charge in [0.25, 0.3) is 0 Å². The third-order valence-corrected chi connectivity index (χ3v) is 4.93. The van der Waals surface area contributed by atoms with E-state index in [-0.39, 0.29) is 18.0 Å². The zero-order valence-corrected chi connectivity index (χ0v) is 13.8. The van der Waals surface area contributed by atoms with Gasteiger partial charge in [-0.25, -0.2) is 9.78 Å².